The monoisotopic (exact) mass is 171 g/mol. The Labute approximate surface area is 73.4 Å². The molecule has 0 saturated carbocycles. The van der Waals surface area contributed by atoms with Crippen LogP contribution in [0.3, 0.4) is 0 Å². The fourth-order valence-electron chi connectivity index (χ4n) is 1.24. The minimum absolute atomic E-state index is 0.124. The number of ether oxygens (including phenoxy) is 1. The van der Waals surface area contributed by atoms with Crippen LogP contribution in [0.4, 0.5) is 0 Å². The normalized spacial score (nSPS) is 24.8. The molecule has 1 heterocycles. The summed E-state index contributed by atoms with van der Waals surface area (Å²) in [6.45, 7) is 3.81. The van der Waals surface area contributed by atoms with Gasteiger partial charge in [0.1, 0.15) is 6.23 Å². The van der Waals surface area contributed by atoms with Crippen LogP contribution >= 0.6 is 0 Å². The SMILES string of the molecule is C/C(=C\CO)CNC1CCCO1. The zero-order valence-electron chi connectivity index (χ0n) is 7.55. The average Bonchev–Trinajstić information content (AvgIpc) is 2.53. The maximum absolute atomic E-state index is 8.59. The summed E-state index contributed by atoms with van der Waals surface area (Å²) in [5.74, 6) is 0. The van der Waals surface area contributed by atoms with Crippen molar-refractivity contribution in [2.24, 2.45) is 0 Å². The van der Waals surface area contributed by atoms with Crippen molar-refractivity contribution in [1.29, 1.82) is 0 Å². The van der Waals surface area contributed by atoms with Gasteiger partial charge in [0.25, 0.3) is 0 Å². The summed E-state index contributed by atoms with van der Waals surface area (Å²) < 4.78 is 5.38. The van der Waals surface area contributed by atoms with Crippen LogP contribution in [-0.2, 0) is 4.74 Å². The first-order chi connectivity index (χ1) is 5.83. The van der Waals surface area contributed by atoms with Gasteiger partial charge >= 0.3 is 0 Å². The molecule has 0 spiro atoms. The van der Waals surface area contributed by atoms with Crippen LogP contribution in [-0.4, -0.2) is 31.1 Å². The van der Waals surface area contributed by atoms with E-state index in [2.05, 4.69) is 5.32 Å². The van der Waals surface area contributed by atoms with Gasteiger partial charge in [-0.2, -0.15) is 0 Å². The third-order valence-corrected chi connectivity index (χ3v) is 1.98. The molecule has 1 fully saturated rings. The second-order valence-electron chi connectivity index (χ2n) is 3.12. The first-order valence-electron chi connectivity index (χ1n) is 4.44. The highest BCUT2D eigenvalue weighted by Crippen LogP contribution is 2.08. The van der Waals surface area contributed by atoms with E-state index in [1.54, 1.807) is 0 Å². The molecule has 12 heavy (non-hydrogen) atoms. The molecule has 0 aliphatic carbocycles. The van der Waals surface area contributed by atoms with E-state index < -0.39 is 0 Å². The summed E-state index contributed by atoms with van der Waals surface area (Å²) in [7, 11) is 0. The van der Waals surface area contributed by atoms with Gasteiger partial charge in [-0.25, -0.2) is 0 Å². The molecule has 0 bridgehead atoms. The molecule has 0 aromatic heterocycles. The molecule has 3 nitrogen and oxygen atoms in total. The van der Waals surface area contributed by atoms with Gasteiger partial charge < -0.3 is 9.84 Å². The highest BCUT2D eigenvalue weighted by atomic mass is 16.5. The molecule has 70 valence electrons. The molecule has 3 heteroatoms. The summed E-state index contributed by atoms with van der Waals surface area (Å²) >= 11 is 0. The van der Waals surface area contributed by atoms with Gasteiger partial charge in [-0.15, -0.1) is 0 Å². The molecule has 2 N–H and O–H groups in total. The lowest BCUT2D eigenvalue weighted by Gasteiger charge is -2.11. The maximum Gasteiger partial charge on any atom is 0.108 e. The lowest BCUT2D eigenvalue weighted by atomic mass is 10.2. The summed E-state index contributed by atoms with van der Waals surface area (Å²) in [5, 5.41) is 11.9. The summed E-state index contributed by atoms with van der Waals surface area (Å²) in [5.41, 5.74) is 1.16. The van der Waals surface area contributed by atoms with Crippen molar-refractivity contribution in [3.05, 3.63) is 11.6 Å². The van der Waals surface area contributed by atoms with E-state index in [1.165, 1.54) is 0 Å². The Morgan fingerprint density at radius 2 is 2.58 bits per heavy atom. The fourth-order valence-corrected chi connectivity index (χ4v) is 1.24. The van der Waals surface area contributed by atoms with Crippen molar-refractivity contribution in [2.45, 2.75) is 26.0 Å². The van der Waals surface area contributed by atoms with E-state index in [0.29, 0.717) is 0 Å². The van der Waals surface area contributed by atoms with Crippen LogP contribution in [0, 0.1) is 0 Å². The Hall–Kier alpha value is -0.380. The molecule has 0 amide bonds. The third kappa shape index (κ3) is 3.34. The number of hydrogen-bond acceptors (Lipinski definition) is 3. The van der Waals surface area contributed by atoms with E-state index in [-0.39, 0.29) is 12.8 Å². The van der Waals surface area contributed by atoms with E-state index >= 15 is 0 Å². The Bertz CT molecular complexity index is 151. The van der Waals surface area contributed by atoms with Crippen LogP contribution in [0.5, 0.6) is 0 Å². The second-order valence-corrected chi connectivity index (χ2v) is 3.12. The molecule has 1 unspecified atom stereocenters. The molecular formula is C9H17NO2. The molecule has 0 radical (unpaired) electrons. The van der Waals surface area contributed by atoms with Crippen LogP contribution in [0.1, 0.15) is 19.8 Å². The lowest BCUT2D eigenvalue weighted by molar-refractivity contribution is 0.0867. The van der Waals surface area contributed by atoms with Crippen molar-refractivity contribution in [3.63, 3.8) is 0 Å². The fraction of sp³-hybridized carbons (Fsp3) is 0.778. The van der Waals surface area contributed by atoms with Crippen molar-refractivity contribution in [2.75, 3.05) is 19.8 Å². The lowest BCUT2D eigenvalue weighted by Crippen LogP contribution is -2.29. The van der Waals surface area contributed by atoms with Gasteiger partial charge in [0.2, 0.25) is 0 Å². The van der Waals surface area contributed by atoms with Crippen LogP contribution in [0.15, 0.2) is 11.6 Å². The minimum Gasteiger partial charge on any atom is -0.392 e. The Balaban J connectivity index is 2.11. The van der Waals surface area contributed by atoms with E-state index in [1.807, 2.05) is 13.0 Å². The molecule has 1 saturated heterocycles. The van der Waals surface area contributed by atoms with E-state index in [9.17, 15) is 0 Å². The van der Waals surface area contributed by atoms with Crippen molar-refractivity contribution >= 4 is 0 Å². The molecule has 1 atom stereocenters. The summed E-state index contributed by atoms with van der Waals surface area (Å²) in [6, 6.07) is 0. The van der Waals surface area contributed by atoms with Gasteiger partial charge in [-0.3, -0.25) is 5.32 Å². The van der Waals surface area contributed by atoms with Gasteiger partial charge in [0.05, 0.1) is 6.61 Å². The first-order valence-corrected chi connectivity index (χ1v) is 4.44. The minimum atomic E-state index is 0.124. The Kier molecular flexibility index (Phi) is 4.29. The molecular weight excluding hydrogens is 154 g/mol. The third-order valence-electron chi connectivity index (χ3n) is 1.98. The van der Waals surface area contributed by atoms with Gasteiger partial charge in [0, 0.05) is 13.2 Å². The molecule has 1 aliphatic rings. The number of rotatable bonds is 4. The van der Waals surface area contributed by atoms with Crippen LogP contribution in [0.2, 0.25) is 0 Å². The topological polar surface area (TPSA) is 41.5 Å². The number of aliphatic hydroxyl groups excluding tert-OH is 1. The van der Waals surface area contributed by atoms with Crippen molar-refractivity contribution in [1.82, 2.24) is 5.32 Å². The van der Waals surface area contributed by atoms with Crippen LogP contribution < -0.4 is 5.32 Å². The molecule has 0 aromatic rings. The van der Waals surface area contributed by atoms with Crippen molar-refractivity contribution in [3.8, 4) is 0 Å². The highest BCUT2D eigenvalue weighted by molar-refractivity contribution is 5.00. The number of hydrogen-bond donors (Lipinski definition) is 2. The Morgan fingerprint density at radius 1 is 1.75 bits per heavy atom. The molecule has 1 rings (SSSR count). The zero-order chi connectivity index (χ0) is 8.81. The van der Waals surface area contributed by atoms with Gasteiger partial charge in [0.15, 0.2) is 0 Å². The highest BCUT2D eigenvalue weighted by Gasteiger charge is 2.13. The van der Waals surface area contributed by atoms with Gasteiger partial charge in [-0.05, 0) is 19.8 Å². The average molecular weight is 171 g/mol. The molecule has 1 aliphatic heterocycles. The predicted octanol–water partition coefficient (Wildman–Crippen LogP) is 0.651. The van der Waals surface area contributed by atoms with E-state index in [0.717, 1.165) is 31.6 Å². The molecule has 0 aromatic carbocycles. The zero-order valence-corrected chi connectivity index (χ0v) is 7.55. The standard InChI is InChI=1S/C9H17NO2/c1-8(4-5-11)7-10-9-3-2-6-12-9/h4,9-11H,2-3,5-7H2,1H3/b8-4+. The second kappa shape index (κ2) is 5.30. The van der Waals surface area contributed by atoms with Crippen molar-refractivity contribution < 1.29 is 9.84 Å². The van der Waals surface area contributed by atoms with E-state index in [4.69, 9.17) is 9.84 Å². The number of aliphatic hydroxyl groups is 1. The quantitative estimate of drug-likeness (QED) is 0.610. The van der Waals surface area contributed by atoms with Crippen LogP contribution in [0.25, 0.3) is 0 Å². The maximum atomic E-state index is 8.59. The van der Waals surface area contributed by atoms with Gasteiger partial charge in [-0.1, -0.05) is 11.6 Å². The number of nitrogens with one attached hydrogen (secondary N) is 1. The summed E-state index contributed by atoms with van der Waals surface area (Å²) in [4.78, 5) is 0. The smallest absolute Gasteiger partial charge is 0.108 e. The largest absolute Gasteiger partial charge is 0.392 e. The summed E-state index contributed by atoms with van der Waals surface area (Å²) in [6.07, 6.45) is 4.29. The predicted molar refractivity (Wildman–Crippen MR) is 47.8 cm³/mol. The first kappa shape index (κ1) is 9.71. The Morgan fingerprint density at radius 3 is 3.17 bits per heavy atom.